The van der Waals surface area contributed by atoms with E-state index in [9.17, 15) is 13.6 Å². The van der Waals surface area contributed by atoms with Crippen LogP contribution in [0.5, 0.6) is 0 Å². The van der Waals surface area contributed by atoms with Crippen molar-refractivity contribution >= 4 is 6.09 Å². The van der Waals surface area contributed by atoms with E-state index in [2.05, 4.69) is 5.32 Å². The molecule has 2 atom stereocenters. The molecule has 2 unspecified atom stereocenters. The molecule has 1 fully saturated rings. The molecule has 92 valence electrons. The Morgan fingerprint density at radius 1 is 1.47 bits per heavy atom. The molecular weight excluding hydrogens is 232 g/mol. The molecule has 1 aliphatic heterocycles. The second kappa shape index (κ2) is 4.67. The number of carboxylic acid groups (broad SMARTS) is 1. The third-order valence-corrected chi connectivity index (χ3v) is 2.59. The number of benzene rings is 1. The summed E-state index contributed by atoms with van der Waals surface area (Å²) in [5.41, 5.74) is 0.402. The van der Waals surface area contributed by atoms with Crippen LogP contribution in [-0.2, 0) is 4.74 Å². The number of hydrogen-bond acceptors (Lipinski definition) is 2. The molecule has 2 rings (SSSR count). The molecule has 0 radical (unpaired) electrons. The Balaban J connectivity index is 2.16. The quantitative estimate of drug-likeness (QED) is 0.791. The predicted octanol–water partition coefficient (Wildman–Crippen LogP) is 1.71. The molecule has 1 saturated heterocycles. The minimum atomic E-state index is -1.17. The maximum atomic E-state index is 13.1. The fourth-order valence-electron chi connectivity index (χ4n) is 1.74. The van der Waals surface area contributed by atoms with Crippen molar-refractivity contribution in [3.63, 3.8) is 0 Å². The van der Waals surface area contributed by atoms with Crippen LogP contribution in [-0.4, -0.2) is 30.5 Å². The summed E-state index contributed by atoms with van der Waals surface area (Å²) in [5, 5.41) is 10.7. The van der Waals surface area contributed by atoms with Crippen LogP contribution in [0.15, 0.2) is 18.2 Å². The summed E-state index contributed by atoms with van der Waals surface area (Å²) in [6.07, 6.45) is -1.35. The van der Waals surface area contributed by atoms with Crippen molar-refractivity contribution in [1.82, 2.24) is 5.32 Å². The molecule has 1 amide bonds. The van der Waals surface area contributed by atoms with Gasteiger partial charge in [0.1, 0.15) is 11.6 Å². The maximum absolute atomic E-state index is 13.1. The van der Waals surface area contributed by atoms with Gasteiger partial charge in [0.15, 0.2) is 0 Å². The number of carbonyl (C=O) groups is 1. The van der Waals surface area contributed by atoms with Gasteiger partial charge in [0.05, 0.1) is 12.7 Å². The van der Waals surface area contributed by atoms with Gasteiger partial charge in [-0.2, -0.15) is 0 Å². The summed E-state index contributed by atoms with van der Waals surface area (Å²) in [7, 11) is 0. The summed E-state index contributed by atoms with van der Waals surface area (Å²) in [4.78, 5) is 10.4. The largest absolute Gasteiger partial charge is 0.465 e. The van der Waals surface area contributed by atoms with E-state index in [0.29, 0.717) is 12.2 Å². The van der Waals surface area contributed by atoms with Crippen molar-refractivity contribution in [3.05, 3.63) is 35.4 Å². The van der Waals surface area contributed by atoms with Gasteiger partial charge in [0.25, 0.3) is 0 Å². The molecule has 1 aromatic rings. The average molecular weight is 243 g/mol. The van der Waals surface area contributed by atoms with Crippen LogP contribution in [0.4, 0.5) is 13.6 Å². The summed E-state index contributed by atoms with van der Waals surface area (Å²) >= 11 is 0. The summed E-state index contributed by atoms with van der Waals surface area (Å²) < 4.78 is 31.2. The molecule has 0 bridgehead atoms. The number of rotatable bonds is 4. The summed E-state index contributed by atoms with van der Waals surface area (Å²) in [6.45, 7) is 0.549. The van der Waals surface area contributed by atoms with Crippen LogP contribution in [0.2, 0.25) is 0 Å². The van der Waals surface area contributed by atoms with Crippen molar-refractivity contribution in [2.24, 2.45) is 0 Å². The van der Waals surface area contributed by atoms with Gasteiger partial charge in [-0.1, -0.05) is 0 Å². The van der Waals surface area contributed by atoms with Crippen LogP contribution in [0.1, 0.15) is 11.5 Å². The molecule has 4 nitrogen and oxygen atoms in total. The lowest BCUT2D eigenvalue weighted by Crippen LogP contribution is -2.29. The summed E-state index contributed by atoms with van der Waals surface area (Å²) in [6, 6.07) is 3.16. The fraction of sp³-hybridized carbons (Fsp3) is 0.364. The van der Waals surface area contributed by atoms with Crippen LogP contribution in [0, 0.1) is 11.6 Å². The highest BCUT2D eigenvalue weighted by Crippen LogP contribution is 2.30. The SMILES string of the molecule is O=C(O)NCC(c1cc(F)cc(F)c1)C1CO1. The molecule has 0 spiro atoms. The summed E-state index contributed by atoms with van der Waals surface area (Å²) in [5.74, 6) is -1.72. The van der Waals surface area contributed by atoms with Gasteiger partial charge in [0.2, 0.25) is 0 Å². The number of epoxide rings is 1. The number of hydrogen-bond donors (Lipinski definition) is 2. The van der Waals surface area contributed by atoms with Crippen molar-refractivity contribution < 1.29 is 23.4 Å². The Kier molecular flexibility index (Phi) is 3.23. The van der Waals surface area contributed by atoms with Crippen LogP contribution in [0.3, 0.4) is 0 Å². The Labute approximate surface area is 96.2 Å². The minimum Gasteiger partial charge on any atom is -0.465 e. The lowest BCUT2D eigenvalue weighted by atomic mass is 9.95. The Morgan fingerprint density at radius 2 is 2.06 bits per heavy atom. The van der Waals surface area contributed by atoms with E-state index >= 15 is 0 Å². The molecule has 2 N–H and O–H groups in total. The molecule has 0 aliphatic carbocycles. The highest BCUT2D eigenvalue weighted by atomic mass is 19.1. The monoisotopic (exact) mass is 243 g/mol. The topological polar surface area (TPSA) is 61.9 Å². The second-order valence-corrected chi connectivity index (χ2v) is 3.87. The number of ether oxygens (including phenoxy) is 1. The smallest absolute Gasteiger partial charge is 0.404 e. The lowest BCUT2D eigenvalue weighted by molar-refractivity contribution is 0.193. The van der Waals surface area contributed by atoms with Gasteiger partial charge in [-0.3, -0.25) is 0 Å². The van der Waals surface area contributed by atoms with E-state index in [-0.39, 0.29) is 18.6 Å². The fourth-order valence-corrected chi connectivity index (χ4v) is 1.74. The van der Waals surface area contributed by atoms with E-state index in [1.165, 1.54) is 12.1 Å². The lowest BCUT2D eigenvalue weighted by Gasteiger charge is -2.15. The normalized spacial score (nSPS) is 19.8. The predicted molar refractivity (Wildman–Crippen MR) is 54.9 cm³/mol. The number of nitrogens with one attached hydrogen (secondary N) is 1. The molecule has 0 saturated carbocycles. The van der Waals surface area contributed by atoms with Crippen molar-refractivity contribution in [2.45, 2.75) is 12.0 Å². The zero-order valence-corrected chi connectivity index (χ0v) is 8.82. The van der Waals surface area contributed by atoms with Crippen LogP contribution in [0.25, 0.3) is 0 Å². The van der Waals surface area contributed by atoms with E-state index < -0.39 is 17.7 Å². The molecule has 1 aromatic carbocycles. The van der Waals surface area contributed by atoms with E-state index in [0.717, 1.165) is 6.07 Å². The Bertz CT molecular complexity index is 414. The minimum absolute atomic E-state index is 0.0723. The zero-order valence-electron chi connectivity index (χ0n) is 8.82. The first kappa shape index (κ1) is 11.8. The molecular formula is C11H11F2NO3. The van der Waals surface area contributed by atoms with Gasteiger partial charge in [-0.15, -0.1) is 0 Å². The van der Waals surface area contributed by atoms with Gasteiger partial charge < -0.3 is 15.2 Å². The van der Waals surface area contributed by atoms with Crippen LogP contribution >= 0.6 is 0 Å². The first-order valence-electron chi connectivity index (χ1n) is 5.10. The van der Waals surface area contributed by atoms with E-state index in [1.54, 1.807) is 0 Å². The first-order valence-corrected chi connectivity index (χ1v) is 5.10. The third kappa shape index (κ3) is 3.13. The van der Waals surface area contributed by atoms with E-state index in [1.807, 2.05) is 0 Å². The van der Waals surface area contributed by atoms with Crippen LogP contribution < -0.4 is 5.32 Å². The standard InChI is InChI=1S/C11H11F2NO3/c12-7-1-6(2-8(13)3-7)9(10-5-17-10)4-14-11(15)16/h1-3,9-10,14H,4-5H2,(H,15,16). The van der Waals surface area contributed by atoms with Crippen molar-refractivity contribution in [2.75, 3.05) is 13.2 Å². The van der Waals surface area contributed by atoms with Gasteiger partial charge in [0, 0.05) is 18.5 Å². The average Bonchev–Trinajstić information content (AvgIpc) is 3.00. The molecule has 1 aliphatic rings. The van der Waals surface area contributed by atoms with E-state index in [4.69, 9.17) is 9.84 Å². The van der Waals surface area contributed by atoms with Crippen molar-refractivity contribution in [1.29, 1.82) is 0 Å². The number of amides is 1. The molecule has 6 heteroatoms. The Morgan fingerprint density at radius 3 is 2.53 bits per heavy atom. The third-order valence-electron chi connectivity index (χ3n) is 2.59. The van der Waals surface area contributed by atoms with Gasteiger partial charge in [-0.05, 0) is 17.7 Å². The zero-order chi connectivity index (χ0) is 12.4. The maximum Gasteiger partial charge on any atom is 0.404 e. The van der Waals surface area contributed by atoms with Crippen molar-refractivity contribution in [3.8, 4) is 0 Å². The first-order chi connectivity index (χ1) is 8.06. The molecule has 1 heterocycles. The molecule has 17 heavy (non-hydrogen) atoms. The Hall–Kier alpha value is -1.69. The van der Waals surface area contributed by atoms with Gasteiger partial charge in [-0.25, -0.2) is 13.6 Å². The van der Waals surface area contributed by atoms with Gasteiger partial charge >= 0.3 is 6.09 Å². The highest BCUT2D eigenvalue weighted by molar-refractivity contribution is 5.64. The second-order valence-electron chi connectivity index (χ2n) is 3.87. The number of halogens is 2. The molecule has 0 aromatic heterocycles. The highest BCUT2D eigenvalue weighted by Gasteiger charge is 2.34.